The van der Waals surface area contributed by atoms with Gasteiger partial charge in [-0.15, -0.1) is 0 Å². The van der Waals surface area contributed by atoms with E-state index in [4.69, 9.17) is 0 Å². The molecule has 0 atom stereocenters. The molecule has 2 nitrogen and oxygen atoms in total. The molecule has 76 valence electrons. The van der Waals surface area contributed by atoms with E-state index in [1.165, 1.54) is 0 Å². The fourth-order valence-corrected chi connectivity index (χ4v) is 1.57. The molecule has 0 aliphatic rings. The summed E-state index contributed by atoms with van der Waals surface area (Å²) in [5, 5.41) is 19.4. The van der Waals surface area contributed by atoms with E-state index in [1.807, 2.05) is 25.1 Å². The maximum Gasteiger partial charge on any atom is 0.123 e. The minimum absolute atomic E-state index is 0.179. The lowest BCUT2D eigenvalue weighted by atomic mass is 10.0. The highest BCUT2D eigenvalue weighted by Gasteiger charge is 2.07. The van der Waals surface area contributed by atoms with Crippen LogP contribution in [0.2, 0.25) is 0 Å². The topological polar surface area (TPSA) is 40.5 Å². The molecule has 0 aliphatic heterocycles. The van der Waals surface area contributed by atoms with Crippen molar-refractivity contribution < 1.29 is 10.2 Å². The molecule has 0 radical (unpaired) electrons. The van der Waals surface area contributed by atoms with E-state index in [-0.39, 0.29) is 11.5 Å². The SMILES string of the molecule is Cc1ccc(O)c(-c2ccccc2O)c1. The first-order valence-corrected chi connectivity index (χ1v) is 4.76. The summed E-state index contributed by atoms with van der Waals surface area (Å²) < 4.78 is 0. The van der Waals surface area contributed by atoms with Gasteiger partial charge in [-0.25, -0.2) is 0 Å². The summed E-state index contributed by atoms with van der Waals surface area (Å²) in [6.07, 6.45) is 0. The molecule has 2 heteroatoms. The Morgan fingerprint density at radius 3 is 2.20 bits per heavy atom. The van der Waals surface area contributed by atoms with E-state index in [9.17, 15) is 10.2 Å². The van der Waals surface area contributed by atoms with Crippen LogP contribution in [0.15, 0.2) is 42.5 Å². The van der Waals surface area contributed by atoms with Crippen LogP contribution in [0.4, 0.5) is 0 Å². The average molecular weight is 200 g/mol. The highest BCUT2D eigenvalue weighted by molar-refractivity contribution is 5.75. The van der Waals surface area contributed by atoms with E-state index in [2.05, 4.69) is 0 Å². The Balaban J connectivity index is 2.64. The van der Waals surface area contributed by atoms with Crippen molar-refractivity contribution in [1.82, 2.24) is 0 Å². The number of hydrogen-bond donors (Lipinski definition) is 2. The molecule has 0 unspecified atom stereocenters. The molecule has 0 fully saturated rings. The van der Waals surface area contributed by atoms with Crippen molar-refractivity contribution in [2.45, 2.75) is 6.92 Å². The second-order valence-corrected chi connectivity index (χ2v) is 3.54. The van der Waals surface area contributed by atoms with Gasteiger partial charge in [0, 0.05) is 11.1 Å². The van der Waals surface area contributed by atoms with Crippen LogP contribution in [0.25, 0.3) is 11.1 Å². The summed E-state index contributed by atoms with van der Waals surface area (Å²) in [6, 6.07) is 12.3. The third-order valence-electron chi connectivity index (χ3n) is 2.35. The monoisotopic (exact) mass is 200 g/mol. The largest absolute Gasteiger partial charge is 0.507 e. The first-order valence-electron chi connectivity index (χ1n) is 4.76. The van der Waals surface area contributed by atoms with Crippen molar-refractivity contribution in [1.29, 1.82) is 0 Å². The van der Waals surface area contributed by atoms with Crippen molar-refractivity contribution >= 4 is 0 Å². The first kappa shape index (κ1) is 9.59. The highest BCUT2D eigenvalue weighted by atomic mass is 16.3. The zero-order chi connectivity index (χ0) is 10.8. The maximum absolute atomic E-state index is 9.70. The molecule has 0 saturated carbocycles. The predicted octanol–water partition coefficient (Wildman–Crippen LogP) is 3.07. The maximum atomic E-state index is 9.70. The number of rotatable bonds is 1. The lowest BCUT2D eigenvalue weighted by Crippen LogP contribution is -1.81. The molecule has 0 saturated heterocycles. The van der Waals surface area contributed by atoms with Crippen molar-refractivity contribution in [3.63, 3.8) is 0 Å². The van der Waals surface area contributed by atoms with Gasteiger partial charge in [0.1, 0.15) is 11.5 Å². The Bertz CT molecular complexity index is 490. The number of benzene rings is 2. The van der Waals surface area contributed by atoms with E-state index in [0.717, 1.165) is 5.56 Å². The molecule has 2 aromatic carbocycles. The lowest BCUT2D eigenvalue weighted by Gasteiger charge is -2.07. The summed E-state index contributed by atoms with van der Waals surface area (Å²) in [5.74, 6) is 0.362. The fraction of sp³-hybridized carbons (Fsp3) is 0.0769. The lowest BCUT2D eigenvalue weighted by molar-refractivity contribution is 0.469. The summed E-state index contributed by atoms with van der Waals surface area (Å²) in [6.45, 7) is 1.95. The van der Waals surface area contributed by atoms with Crippen molar-refractivity contribution in [3.8, 4) is 22.6 Å². The number of aromatic hydroxyl groups is 2. The van der Waals surface area contributed by atoms with Crippen LogP contribution in [-0.4, -0.2) is 10.2 Å². The van der Waals surface area contributed by atoms with Gasteiger partial charge in [-0.2, -0.15) is 0 Å². The first-order chi connectivity index (χ1) is 7.18. The third-order valence-corrected chi connectivity index (χ3v) is 2.35. The van der Waals surface area contributed by atoms with Crippen LogP contribution in [0.5, 0.6) is 11.5 Å². The van der Waals surface area contributed by atoms with Gasteiger partial charge in [-0.05, 0) is 25.1 Å². The second kappa shape index (κ2) is 3.65. The number of aryl methyl sites for hydroxylation is 1. The Morgan fingerprint density at radius 1 is 0.800 bits per heavy atom. The summed E-state index contributed by atoms with van der Waals surface area (Å²) in [4.78, 5) is 0. The van der Waals surface area contributed by atoms with Crippen LogP contribution in [-0.2, 0) is 0 Å². The van der Waals surface area contributed by atoms with Crippen LogP contribution in [0, 0.1) is 6.92 Å². The quantitative estimate of drug-likeness (QED) is 0.742. The van der Waals surface area contributed by atoms with Gasteiger partial charge in [0.25, 0.3) is 0 Å². The molecule has 0 bridgehead atoms. The Morgan fingerprint density at radius 2 is 1.47 bits per heavy atom. The zero-order valence-electron chi connectivity index (χ0n) is 8.44. The molecule has 2 rings (SSSR count). The van der Waals surface area contributed by atoms with E-state index < -0.39 is 0 Å². The zero-order valence-corrected chi connectivity index (χ0v) is 8.44. The van der Waals surface area contributed by atoms with Crippen LogP contribution < -0.4 is 0 Å². The molecule has 0 aliphatic carbocycles. The average Bonchev–Trinajstić information content (AvgIpc) is 2.23. The molecule has 0 aromatic heterocycles. The fourth-order valence-electron chi connectivity index (χ4n) is 1.57. The van der Waals surface area contributed by atoms with Crippen molar-refractivity contribution in [2.75, 3.05) is 0 Å². The highest BCUT2D eigenvalue weighted by Crippen LogP contribution is 2.35. The van der Waals surface area contributed by atoms with Crippen molar-refractivity contribution in [2.24, 2.45) is 0 Å². The van der Waals surface area contributed by atoms with Crippen LogP contribution in [0.1, 0.15) is 5.56 Å². The smallest absolute Gasteiger partial charge is 0.123 e. The molecular formula is C13H12O2. The Labute approximate surface area is 88.4 Å². The minimum Gasteiger partial charge on any atom is -0.507 e. The van der Waals surface area contributed by atoms with Gasteiger partial charge in [0.05, 0.1) is 0 Å². The van der Waals surface area contributed by atoms with Gasteiger partial charge < -0.3 is 10.2 Å². The molecule has 2 N–H and O–H groups in total. The van der Waals surface area contributed by atoms with Gasteiger partial charge in [0.15, 0.2) is 0 Å². The molecular weight excluding hydrogens is 188 g/mol. The van der Waals surface area contributed by atoms with E-state index in [1.54, 1.807) is 24.3 Å². The third kappa shape index (κ3) is 1.79. The Hall–Kier alpha value is -1.96. The minimum atomic E-state index is 0.179. The second-order valence-electron chi connectivity index (χ2n) is 3.54. The number of phenolic OH excluding ortho intramolecular Hbond substituents is 2. The van der Waals surface area contributed by atoms with Gasteiger partial charge in [-0.3, -0.25) is 0 Å². The van der Waals surface area contributed by atoms with Crippen LogP contribution >= 0.6 is 0 Å². The molecule has 0 amide bonds. The number of hydrogen-bond acceptors (Lipinski definition) is 2. The van der Waals surface area contributed by atoms with Gasteiger partial charge >= 0.3 is 0 Å². The number of para-hydroxylation sites is 1. The molecule has 0 heterocycles. The summed E-state index contributed by atoms with van der Waals surface area (Å²) >= 11 is 0. The molecule has 15 heavy (non-hydrogen) atoms. The predicted molar refractivity (Wildman–Crippen MR) is 59.9 cm³/mol. The van der Waals surface area contributed by atoms with Gasteiger partial charge in [0.2, 0.25) is 0 Å². The molecule has 2 aromatic rings. The van der Waals surface area contributed by atoms with E-state index in [0.29, 0.717) is 11.1 Å². The number of phenols is 2. The summed E-state index contributed by atoms with van der Waals surface area (Å²) in [5.41, 5.74) is 2.36. The Kier molecular flexibility index (Phi) is 2.34. The standard InChI is InChI=1S/C13H12O2/c1-9-6-7-13(15)11(8-9)10-4-2-3-5-12(10)14/h2-8,14-15H,1H3. The normalized spacial score (nSPS) is 10.2. The van der Waals surface area contributed by atoms with Crippen LogP contribution in [0.3, 0.4) is 0 Å². The van der Waals surface area contributed by atoms with E-state index >= 15 is 0 Å². The van der Waals surface area contributed by atoms with Crippen molar-refractivity contribution in [3.05, 3.63) is 48.0 Å². The summed E-state index contributed by atoms with van der Waals surface area (Å²) in [7, 11) is 0. The molecule has 0 spiro atoms. The van der Waals surface area contributed by atoms with Gasteiger partial charge in [-0.1, -0.05) is 29.8 Å².